The lowest BCUT2D eigenvalue weighted by atomic mass is 10.2. The van der Waals surface area contributed by atoms with E-state index in [0.717, 1.165) is 18.4 Å². The molecule has 104 valence electrons. The first kappa shape index (κ1) is 15.0. The van der Waals surface area contributed by atoms with Crippen LogP contribution in [0.2, 0.25) is 0 Å². The average Bonchev–Trinajstić information content (AvgIpc) is 2.44. The number of carbonyl (C=O) groups excluding carboxylic acids is 1. The molecular formula is C14H20N2O3. The summed E-state index contributed by atoms with van der Waals surface area (Å²) >= 11 is 0. The summed E-state index contributed by atoms with van der Waals surface area (Å²) in [4.78, 5) is 11.3. The van der Waals surface area contributed by atoms with Crippen molar-refractivity contribution in [1.82, 2.24) is 5.43 Å². The quantitative estimate of drug-likeness (QED) is 0.607. The number of carbonyl (C=O) groups is 1. The summed E-state index contributed by atoms with van der Waals surface area (Å²) in [7, 11) is 3.16. The standard InChI is InChI=1S/C14H20N2O3/c1-4-5-6-14(17)16-15-10-11-7-8-12(18-2)13(9-11)19-3/h7-10H,4-6H2,1-3H3,(H,16,17)/b15-10+. The fourth-order valence-electron chi connectivity index (χ4n) is 1.51. The third-order valence-electron chi connectivity index (χ3n) is 2.57. The summed E-state index contributed by atoms with van der Waals surface area (Å²) in [5.41, 5.74) is 3.32. The van der Waals surface area contributed by atoms with Crippen molar-refractivity contribution in [3.05, 3.63) is 23.8 Å². The van der Waals surface area contributed by atoms with E-state index in [2.05, 4.69) is 10.5 Å². The summed E-state index contributed by atoms with van der Waals surface area (Å²) in [5.74, 6) is 1.22. The van der Waals surface area contributed by atoms with Gasteiger partial charge in [0.25, 0.3) is 0 Å². The minimum atomic E-state index is -0.0708. The van der Waals surface area contributed by atoms with E-state index in [1.165, 1.54) is 0 Å². The number of nitrogens with one attached hydrogen (secondary N) is 1. The Kier molecular flexibility index (Phi) is 6.43. The number of unbranched alkanes of at least 4 members (excludes halogenated alkanes) is 1. The number of benzene rings is 1. The Hall–Kier alpha value is -2.04. The molecule has 5 nitrogen and oxygen atoms in total. The lowest BCUT2D eigenvalue weighted by Crippen LogP contribution is -2.16. The highest BCUT2D eigenvalue weighted by atomic mass is 16.5. The summed E-state index contributed by atoms with van der Waals surface area (Å²) in [6.07, 6.45) is 3.94. The molecule has 0 spiro atoms. The van der Waals surface area contributed by atoms with Gasteiger partial charge in [0.05, 0.1) is 20.4 Å². The highest BCUT2D eigenvalue weighted by molar-refractivity contribution is 5.83. The molecule has 19 heavy (non-hydrogen) atoms. The fraction of sp³-hybridized carbons (Fsp3) is 0.429. The van der Waals surface area contributed by atoms with E-state index in [1.54, 1.807) is 32.6 Å². The van der Waals surface area contributed by atoms with Gasteiger partial charge in [0.15, 0.2) is 11.5 Å². The van der Waals surface area contributed by atoms with Gasteiger partial charge in [0, 0.05) is 6.42 Å². The lowest BCUT2D eigenvalue weighted by Gasteiger charge is -2.07. The molecule has 1 rings (SSSR count). The first-order valence-electron chi connectivity index (χ1n) is 6.25. The minimum absolute atomic E-state index is 0.0708. The summed E-state index contributed by atoms with van der Waals surface area (Å²) < 4.78 is 10.3. The number of rotatable bonds is 7. The van der Waals surface area contributed by atoms with Crippen LogP contribution >= 0.6 is 0 Å². The maximum absolute atomic E-state index is 11.3. The predicted molar refractivity (Wildman–Crippen MR) is 74.8 cm³/mol. The van der Waals surface area contributed by atoms with Gasteiger partial charge in [0.2, 0.25) is 5.91 Å². The largest absolute Gasteiger partial charge is 0.493 e. The average molecular weight is 264 g/mol. The van der Waals surface area contributed by atoms with Crippen LogP contribution < -0.4 is 14.9 Å². The van der Waals surface area contributed by atoms with Gasteiger partial charge in [0.1, 0.15) is 0 Å². The number of nitrogens with zero attached hydrogens (tertiary/aromatic N) is 1. The normalized spacial score (nSPS) is 10.5. The number of methoxy groups -OCH3 is 2. The van der Waals surface area contributed by atoms with Crippen LogP contribution in [0.25, 0.3) is 0 Å². The van der Waals surface area contributed by atoms with Gasteiger partial charge in [-0.3, -0.25) is 4.79 Å². The maximum atomic E-state index is 11.3. The molecule has 1 aromatic rings. The van der Waals surface area contributed by atoms with Gasteiger partial charge < -0.3 is 9.47 Å². The van der Waals surface area contributed by atoms with Crippen LogP contribution in [0.4, 0.5) is 0 Å². The van der Waals surface area contributed by atoms with E-state index in [9.17, 15) is 4.79 Å². The summed E-state index contributed by atoms with van der Waals surface area (Å²) in [5, 5.41) is 3.90. The summed E-state index contributed by atoms with van der Waals surface area (Å²) in [6, 6.07) is 5.42. The molecule has 5 heteroatoms. The Morgan fingerprint density at radius 1 is 1.32 bits per heavy atom. The van der Waals surface area contributed by atoms with E-state index in [4.69, 9.17) is 9.47 Å². The molecule has 1 N–H and O–H groups in total. The van der Waals surface area contributed by atoms with Crippen LogP contribution in [0.3, 0.4) is 0 Å². The molecule has 0 radical (unpaired) electrons. The monoisotopic (exact) mass is 264 g/mol. The van der Waals surface area contributed by atoms with Gasteiger partial charge in [-0.15, -0.1) is 0 Å². The lowest BCUT2D eigenvalue weighted by molar-refractivity contribution is -0.121. The highest BCUT2D eigenvalue weighted by Gasteiger charge is 2.03. The van der Waals surface area contributed by atoms with Crippen molar-refractivity contribution < 1.29 is 14.3 Å². The zero-order chi connectivity index (χ0) is 14.1. The topological polar surface area (TPSA) is 59.9 Å². The van der Waals surface area contributed by atoms with Crippen LogP contribution in [-0.4, -0.2) is 26.3 Å². The maximum Gasteiger partial charge on any atom is 0.240 e. The molecule has 0 aliphatic carbocycles. The first-order chi connectivity index (χ1) is 9.21. The van der Waals surface area contributed by atoms with Gasteiger partial charge in [-0.2, -0.15) is 5.10 Å². The van der Waals surface area contributed by atoms with E-state index in [0.29, 0.717) is 17.9 Å². The number of amides is 1. The van der Waals surface area contributed by atoms with Crippen LogP contribution in [0.15, 0.2) is 23.3 Å². The second-order valence-electron chi connectivity index (χ2n) is 4.01. The zero-order valence-corrected chi connectivity index (χ0v) is 11.6. The Bertz CT molecular complexity index is 444. The molecule has 0 saturated heterocycles. The fourth-order valence-corrected chi connectivity index (χ4v) is 1.51. The molecule has 1 aromatic carbocycles. The third kappa shape index (κ3) is 4.99. The minimum Gasteiger partial charge on any atom is -0.493 e. The van der Waals surface area contributed by atoms with E-state index < -0.39 is 0 Å². The molecule has 0 heterocycles. The molecule has 0 aliphatic heterocycles. The molecule has 0 aliphatic rings. The second kappa shape index (κ2) is 8.13. The molecule has 0 aromatic heterocycles. The third-order valence-corrected chi connectivity index (χ3v) is 2.57. The van der Waals surface area contributed by atoms with E-state index >= 15 is 0 Å². The van der Waals surface area contributed by atoms with Crippen molar-refractivity contribution in [2.45, 2.75) is 26.2 Å². The number of ether oxygens (including phenoxy) is 2. The Labute approximate surface area is 113 Å². The Balaban J connectivity index is 2.59. The van der Waals surface area contributed by atoms with E-state index in [-0.39, 0.29) is 5.91 Å². The van der Waals surface area contributed by atoms with Crippen molar-refractivity contribution in [2.75, 3.05) is 14.2 Å². The molecule has 0 saturated carbocycles. The van der Waals surface area contributed by atoms with Gasteiger partial charge >= 0.3 is 0 Å². The SMILES string of the molecule is CCCCC(=O)N/N=C/c1ccc(OC)c(OC)c1. The molecule has 0 bridgehead atoms. The van der Waals surface area contributed by atoms with Crippen LogP contribution in [0.1, 0.15) is 31.7 Å². The molecule has 0 atom stereocenters. The highest BCUT2D eigenvalue weighted by Crippen LogP contribution is 2.26. The van der Waals surface area contributed by atoms with Crippen LogP contribution in [-0.2, 0) is 4.79 Å². The molecule has 1 amide bonds. The Morgan fingerprint density at radius 3 is 2.68 bits per heavy atom. The van der Waals surface area contributed by atoms with Gasteiger partial charge in [-0.25, -0.2) is 5.43 Å². The summed E-state index contributed by atoms with van der Waals surface area (Å²) in [6.45, 7) is 2.04. The van der Waals surface area contributed by atoms with Crippen LogP contribution in [0, 0.1) is 0 Å². The number of hydrogen-bond donors (Lipinski definition) is 1. The van der Waals surface area contributed by atoms with Gasteiger partial charge in [-0.1, -0.05) is 13.3 Å². The van der Waals surface area contributed by atoms with Crippen molar-refractivity contribution in [3.63, 3.8) is 0 Å². The molecular weight excluding hydrogens is 244 g/mol. The number of hydrazone groups is 1. The first-order valence-corrected chi connectivity index (χ1v) is 6.25. The van der Waals surface area contributed by atoms with Gasteiger partial charge in [-0.05, 0) is 30.2 Å². The Morgan fingerprint density at radius 2 is 2.05 bits per heavy atom. The predicted octanol–water partition coefficient (Wildman–Crippen LogP) is 2.34. The van der Waals surface area contributed by atoms with Crippen LogP contribution in [0.5, 0.6) is 11.5 Å². The van der Waals surface area contributed by atoms with Crippen molar-refractivity contribution in [1.29, 1.82) is 0 Å². The van der Waals surface area contributed by atoms with E-state index in [1.807, 2.05) is 13.0 Å². The van der Waals surface area contributed by atoms with Crippen molar-refractivity contribution >= 4 is 12.1 Å². The second-order valence-corrected chi connectivity index (χ2v) is 4.01. The zero-order valence-electron chi connectivity index (χ0n) is 11.6. The van der Waals surface area contributed by atoms with Crippen molar-refractivity contribution in [2.24, 2.45) is 5.10 Å². The molecule has 0 unspecified atom stereocenters. The van der Waals surface area contributed by atoms with Crippen molar-refractivity contribution in [3.8, 4) is 11.5 Å². The molecule has 0 fully saturated rings. The smallest absolute Gasteiger partial charge is 0.240 e. The number of hydrogen-bond acceptors (Lipinski definition) is 4.